The first-order valence-electron chi connectivity index (χ1n) is 8.33. The third kappa shape index (κ3) is 4.94. The van der Waals surface area contributed by atoms with Crippen molar-refractivity contribution >= 4 is 23.5 Å². The molecule has 1 aliphatic heterocycles. The largest absolute Gasteiger partial charge is 0.374 e. The first-order chi connectivity index (χ1) is 12.6. The number of rotatable bonds is 6. The number of hydrogen-bond donors (Lipinski definition) is 1. The highest BCUT2D eigenvalue weighted by molar-refractivity contribution is 8.00. The number of H-pyrrole nitrogens is 1. The van der Waals surface area contributed by atoms with E-state index in [1.807, 2.05) is 30.3 Å². The molecule has 3 rings (SSSR count). The molecule has 8 heteroatoms. The highest BCUT2D eigenvalue weighted by atomic mass is 32.2. The third-order valence-electron chi connectivity index (χ3n) is 3.91. The lowest BCUT2D eigenvalue weighted by molar-refractivity contribution is -0.117. The maximum atomic E-state index is 12.1. The zero-order valence-corrected chi connectivity index (χ0v) is 15.3. The van der Waals surface area contributed by atoms with E-state index in [1.165, 1.54) is 18.0 Å². The van der Waals surface area contributed by atoms with Crippen LogP contribution in [0.5, 0.6) is 0 Å². The molecule has 0 saturated carbocycles. The minimum Gasteiger partial charge on any atom is -0.374 e. The van der Waals surface area contributed by atoms with Gasteiger partial charge in [-0.15, -0.1) is 11.8 Å². The van der Waals surface area contributed by atoms with E-state index >= 15 is 0 Å². The minimum absolute atomic E-state index is 0.0229. The molecule has 2 heterocycles. The summed E-state index contributed by atoms with van der Waals surface area (Å²) in [5.41, 5.74) is 0.640. The number of hydrogen-bond acceptors (Lipinski definition) is 6. The van der Waals surface area contributed by atoms with Crippen molar-refractivity contribution in [2.75, 3.05) is 23.9 Å². The van der Waals surface area contributed by atoms with Gasteiger partial charge in [0.25, 0.3) is 0 Å². The van der Waals surface area contributed by atoms with Crippen molar-refractivity contribution in [3.63, 3.8) is 0 Å². The molecule has 1 N–H and O–H groups in total. The molecular weight excluding hydrogens is 354 g/mol. The molecule has 1 aromatic heterocycles. The maximum absolute atomic E-state index is 12.1. The highest BCUT2D eigenvalue weighted by Gasteiger charge is 2.30. The van der Waals surface area contributed by atoms with Gasteiger partial charge in [0.2, 0.25) is 5.91 Å². The number of carbonyl (C=O) groups excluding carboxylic acids is 1. The Balaban J connectivity index is 1.51. The molecule has 1 fully saturated rings. The van der Waals surface area contributed by atoms with Crippen LogP contribution in [0, 0.1) is 0 Å². The molecule has 0 bridgehead atoms. The Kier molecular flexibility index (Phi) is 6.43. The Hall–Kier alpha value is -2.16. The van der Waals surface area contributed by atoms with Crippen molar-refractivity contribution in [2.24, 2.45) is 0 Å². The SMILES string of the molecule is CC(=O)N(c1ccnc(=O)[nH]1)C1COC(COCc2ccccc2)CS1. The zero-order valence-electron chi connectivity index (χ0n) is 14.5. The number of aromatic amines is 1. The van der Waals surface area contributed by atoms with Crippen LogP contribution in [0.15, 0.2) is 47.4 Å². The van der Waals surface area contributed by atoms with Gasteiger partial charge in [-0.25, -0.2) is 9.78 Å². The second-order valence-corrected chi connectivity index (χ2v) is 7.10. The first kappa shape index (κ1) is 18.6. The van der Waals surface area contributed by atoms with Gasteiger partial charge < -0.3 is 9.47 Å². The summed E-state index contributed by atoms with van der Waals surface area (Å²) in [6.45, 7) is 2.88. The van der Waals surface area contributed by atoms with Crippen molar-refractivity contribution in [2.45, 2.75) is 25.0 Å². The fourth-order valence-corrected chi connectivity index (χ4v) is 3.90. The highest BCUT2D eigenvalue weighted by Crippen LogP contribution is 2.27. The van der Waals surface area contributed by atoms with Crippen LogP contribution in [0.1, 0.15) is 12.5 Å². The van der Waals surface area contributed by atoms with Crippen molar-refractivity contribution in [3.05, 3.63) is 58.6 Å². The lowest BCUT2D eigenvalue weighted by Gasteiger charge is -2.35. The van der Waals surface area contributed by atoms with E-state index in [9.17, 15) is 9.59 Å². The topological polar surface area (TPSA) is 84.5 Å². The van der Waals surface area contributed by atoms with E-state index in [1.54, 1.807) is 17.8 Å². The Morgan fingerprint density at radius 3 is 2.85 bits per heavy atom. The van der Waals surface area contributed by atoms with E-state index in [4.69, 9.17) is 9.47 Å². The van der Waals surface area contributed by atoms with E-state index < -0.39 is 5.69 Å². The predicted molar refractivity (Wildman–Crippen MR) is 100 cm³/mol. The zero-order chi connectivity index (χ0) is 18.4. The van der Waals surface area contributed by atoms with E-state index in [0.717, 1.165) is 5.56 Å². The van der Waals surface area contributed by atoms with Crippen molar-refractivity contribution in [1.29, 1.82) is 0 Å². The molecule has 0 spiro atoms. The second-order valence-electron chi connectivity index (χ2n) is 5.89. The lowest BCUT2D eigenvalue weighted by atomic mass is 10.2. The van der Waals surface area contributed by atoms with Crippen LogP contribution in [0.3, 0.4) is 0 Å². The van der Waals surface area contributed by atoms with Crippen molar-refractivity contribution in [1.82, 2.24) is 9.97 Å². The normalized spacial score (nSPS) is 19.9. The van der Waals surface area contributed by atoms with E-state index in [-0.39, 0.29) is 17.4 Å². The van der Waals surface area contributed by atoms with Gasteiger partial charge in [-0.1, -0.05) is 30.3 Å². The predicted octanol–water partition coefficient (Wildman–Crippen LogP) is 1.80. The standard InChI is InChI=1S/C18H21N3O4S/c1-13(22)21(16-7-8-19-18(23)20-16)17-11-25-15(12-26-17)10-24-9-14-5-3-2-4-6-14/h2-8,15,17H,9-12H2,1H3,(H,19,20,23). The van der Waals surface area contributed by atoms with Gasteiger partial charge in [-0.3, -0.25) is 14.7 Å². The number of anilines is 1. The van der Waals surface area contributed by atoms with Gasteiger partial charge in [0.05, 0.1) is 25.9 Å². The average Bonchev–Trinajstić information content (AvgIpc) is 2.64. The summed E-state index contributed by atoms with van der Waals surface area (Å²) < 4.78 is 11.6. The summed E-state index contributed by atoms with van der Waals surface area (Å²) in [6, 6.07) is 11.6. The number of carbonyl (C=O) groups is 1. The molecule has 1 amide bonds. The molecule has 26 heavy (non-hydrogen) atoms. The van der Waals surface area contributed by atoms with Gasteiger partial charge in [-0.05, 0) is 11.6 Å². The van der Waals surface area contributed by atoms with Gasteiger partial charge in [-0.2, -0.15) is 0 Å². The number of thioether (sulfide) groups is 1. The van der Waals surface area contributed by atoms with Gasteiger partial charge in [0, 0.05) is 18.9 Å². The molecule has 2 aromatic rings. The summed E-state index contributed by atoms with van der Waals surface area (Å²) in [7, 11) is 0. The van der Waals surface area contributed by atoms with Crippen molar-refractivity contribution < 1.29 is 14.3 Å². The van der Waals surface area contributed by atoms with Crippen LogP contribution in [0.2, 0.25) is 0 Å². The Labute approximate surface area is 155 Å². The molecule has 1 aromatic carbocycles. The first-order valence-corrected chi connectivity index (χ1v) is 9.38. The number of nitrogens with zero attached hydrogens (tertiary/aromatic N) is 2. The number of benzene rings is 1. The smallest absolute Gasteiger partial charge is 0.346 e. The minimum atomic E-state index is -0.484. The van der Waals surface area contributed by atoms with Crippen LogP contribution < -0.4 is 10.6 Å². The molecular formula is C18H21N3O4S. The molecule has 2 atom stereocenters. The number of amides is 1. The molecule has 0 aliphatic carbocycles. The van der Waals surface area contributed by atoms with Crippen LogP contribution >= 0.6 is 11.8 Å². The van der Waals surface area contributed by atoms with Gasteiger partial charge in [0.15, 0.2) is 0 Å². The quantitative estimate of drug-likeness (QED) is 0.829. The average molecular weight is 375 g/mol. The fraction of sp³-hybridized carbons (Fsp3) is 0.389. The van der Waals surface area contributed by atoms with E-state index in [2.05, 4.69) is 9.97 Å². The number of aromatic nitrogens is 2. The Bertz CT molecular complexity index is 775. The van der Waals surface area contributed by atoms with Gasteiger partial charge >= 0.3 is 5.69 Å². The summed E-state index contributed by atoms with van der Waals surface area (Å²) in [5.74, 6) is 0.975. The molecule has 1 saturated heterocycles. The summed E-state index contributed by atoms with van der Waals surface area (Å²) in [6.07, 6.45) is 1.36. The second kappa shape index (κ2) is 8.98. The number of ether oxygens (including phenoxy) is 2. The van der Waals surface area contributed by atoms with E-state index in [0.29, 0.717) is 31.4 Å². The Morgan fingerprint density at radius 1 is 1.38 bits per heavy atom. The summed E-state index contributed by atoms with van der Waals surface area (Å²) in [5, 5.41) is -0.198. The Morgan fingerprint density at radius 2 is 2.19 bits per heavy atom. The summed E-state index contributed by atoms with van der Waals surface area (Å²) >= 11 is 1.61. The van der Waals surface area contributed by atoms with Crippen LogP contribution in [-0.4, -0.2) is 46.3 Å². The van der Waals surface area contributed by atoms with Gasteiger partial charge in [0.1, 0.15) is 11.2 Å². The molecule has 138 valence electrons. The number of nitrogens with one attached hydrogen (secondary N) is 1. The molecule has 2 unspecified atom stereocenters. The monoisotopic (exact) mass is 375 g/mol. The maximum Gasteiger partial charge on any atom is 0.346 e. The third-order valence-corrected chi connectivity index (χ3v) is 5.21. The molecule has 0 radical (unpaired) electrons. The summed E-state index contributed by atoms with van der Waals surface area (Å²) in [4.78, 5) is 31.2. The van der Waals surface area contributed by atoms with Crippen molar-refractivity contribution in [3.8, 4) is 0 Å². The van der Waals surface area contributed by atoms with Crippen LogP contribution in [-0.2, 0) is 20.9 Å². The lowest BCUT2D eigenvalue weighted by Crippen LogP contribution is -2.46. The fourth-order valence-electron chi connectivity index (χ4n) is 2.69. The van der Waals surface area contributed by atoms with Crippen LogP contribution in [0.25, 0.3) is 0 Å². The molecule has 7 nitrogen and oxygen atoms in total. The van der Waals surface area contributed by atoms with Crippen LogP contribution in [0.4, 0.5) is 5.82 Å². The molecule has 1 aliphatic rings.